The molecule has 0 fully saturated rings. The van der Waals surface area contributed by atoms with Gasteiger partial charge in [-0.1, -0.05) is 60.7 Å². The van der Waals surface area contributed by atoms with Gasteiger partial charge in [0.2, 0.25) is 0 Å². The SMILES string of the molecule is Cc1c(C(=O)Nc2ccccc2/C=C/c2n[nH]c3ccccc23)sc2ccccc12. The predicted octanol–water partition coefficient (Wildman–Crippen LogP) is 6.51. The molecule has 0 atom stereocenters. The number of hydrogen-bond acceptors (Lipinski definition) is 3. The number of hydrogen-bond donors (Lipinski definition) is 2. The fourth-order valence-electron chi connectivity index (χ4n) is 3.61. The van der Waals surface area contributed by atoms with Crippen molar-refractivity contribution in [3.05, 3.63) is 94.5 Å². The molecule has 0 aliphatic heterocycles. The molecule has 2 N–H and O–H groups in total. The zero-order valence-corrected chi connectivity index (χ0v) is 17.2. The maximum atomic E-state index is 13.0. The van der Waals surface area contributed by atoms with Gasteiger partial charge in [-0.3, -0.25) is 9.89 Å². The Hall–Kier alpha value is -3.70. The van der Waals surface area contributed by atoms with Gasteiger partial charge >= 0.3 is 0 Å². The Bertz CT molecular complexity index is 1410. The molecular formula is C25H19N3OS. The van der Waals surface area contributed by atoms with E-state index in [1.54, 1.807) is 0 Å². The second-order valence-electron chi connectivity index (χ2n) is 7.08. The molecule has 2 aromatic heterocycles. The summed E-state index contributed by atoms with van der Waals surface area (Å²) in [7, 11) is 0. The molecule has 4 nitrogen and oxygen atoms in total. The molecule has 5 rings (SSSR count). The Balaban J connectivity index is 1.44. The smallest absolute Gasteiger partial charge is 0.266 e. The normalized spacial score (nSPS) is 11.5. The molecule has 30 heavy (non-hydrogen) atoms. The van der Waals surface area contributed by atoms with E-state index in [1.807, 2.05) is 79.7 Å². The Kier molecular flexibility index (Phi) is 4.65. The number of aromatic nitrogens is 2. The summed E-state index contributed by atoms with van der Waals surface area (Å²) in [6.07, 6.45) is 3.95. The number of benzene rings is 3. The number of aryl methyl sites for hydroxylation is 1. The Morgan fingerprint density at radius 2 is 1.67 bits per heavy atom. The molecule has 0 saturated carbocycles. The van der Waals surface area contributed by atoms with Gasteiger partial charge in [0.05, 0.1) is 16.1 Å². The van der Waals surface area contributed by atoms with Gasteiger partial charge in [-0.15, -0.1) is 11.3 Å². The number of H-pyrrole nitrogens is 1. The predicted molar refractivity (Wildman–Crippen MR) is 126 cm³/mol. The Morgan fingerprint density at radius 3 is 2.53 bits per heavy atom. The molecule has 1 amide bonds. The van der Waals surface area contributed by atoms with Crippen molar-refractivity contribution in [1.29, 1.82) is 0 Å². The van der Waals surface area contributed by atoms with Gasteiger partial charge in [0.1, 0.15) is 0 Å². The van der Waals surface area contributed by atoms with Crippen LogP contribution in [0.5, 0.6) is 0 Å². The number of para-hydroxylation sites is 2. The van der Waals surface area contributed by atoms with E-state index in [0.717, 1.165) is 48.4 Å². The fraction of sp³-hybridized carbons (Fsp3) is 0.0400. The maximum absolute atomic E-state index is 13.0. The molecule has 0 spiro atoms. The Labute approximate surface area is 177 Å². The minimum Gasteiger partial charge on any atom is -0.321 e. The number of carbonyl (C=O) groups excluding carboxylic acids is 1. The summed E-state index contributed by atoms with van der Waals surface area (Å²) in [6.45, 7) is 2.00. The molecule has 0 aliphatic carbocycles. The van der Waals surface area contributed by atoms with E-state index in [9.17, 15) is 4.79 Å². The number of nitrogens with one attached hydrogen (secondary N) is 2. The van der Waals surface area contributed by atoms with Crippen LogP contribution in [0.1, 0.15) is 26.5 Å². The van der Waals surface area contributed by atoms with E-state index in [1.165, 1.54) is 11.3 Å². The molecule has 146 valence electrons. The minimum atomic E-state index is -0.0835. The van der Waals surface area contributed by atoms with Crippen LogP contribution < -0.4 is 5.32 Å². The minimum absolute atomic E-state index is 0.0835. The van der Waals surface area contributed by atoms with Crippen LogP contribution in [0.15, 0.2) is 72.8 Å². The van der Waals surface area contributed by atoms with Gasteiger partial charge in [0.25, 0.3) is 5.91 Å². The first-order valence-electron chi connectivity index (χ1n) is 9.70. The number of rotatable bonds is 4. The standard InChI is InChI=1S/C25H19N3OS/c1-16-18-9-4-7-13-23(18)30-24(16)25(29)26-20-11-5-2-8-17(20)14-15-22-19-10-3-6-12-21(19)27-28-22/h2-15H,1H3,(H,26,29)(H,27,28)/b15-14+. The van der Waals surface area contributed by atoms with Gasteiger partial charge in [0, 0.05) is 15.8 Å². The van der Waals surface area contributed by atoms with Crippen molar-refractivity contribution in [1.82, 2.24) is 10.2 Å². The van der Waals surface area contributed by atoms with Gasteiger partial charge in [0.15, 0.2) is 0 Å². The van der Waals surface area contributed by atoms with Crippen molar-refractivity contribution in [2.45, 2.75) is 6.92 Å². The summed E-state index contributed by atoms with van der Waals surface area (Å²) in [4.78, 5) is 13.8. The van der Waals surface area contributed by atoms with Gasteiger partial charge < -0.3 is 5.32 Å². The van der Waals surface area contributed by atoms with E-state index in [-0.39, 0.29) is 5.91 Å². The second kappa shape index (κ2) is 7.61. The Morgan fingerprint density at radius 1 is 0.933 bits per heavy atom. The third kappa shape index (κ3) is 3.29. The topological polar surface area (TPSA) is 57.8 Å². The summed E-state index contributed by atoms with van der Waals surface area (Å²) < 4.78 is 1.12. The largest absolute Gasteiger partial charge is 0.321 e. The first-order valence-corrected chi connectivity index (χ1v) is 10.5. The van der Waals surface area contributed by atoms with E-state index in [0.29, 0.717) is 0 Å². The first-order chi connectivity index (χ1) is 14.7. The fourth-order valence-corrected chi connectivity index (χ4v) is 4.71. The number of thiophene rings is 1. The van der Waals surface area contributed by atoms with Crippen LogP contribution in [-0.2, 0) is 0 Å². The van der Waals surface area contributed by atoms with E-state index in [2.05, 4.69) is 27.6 Å². The van der Waals surface area contributed by atoms with Gasteiger partial charge in [-0.25, -0.2) is 0 Å². The lowest BCUT2D eigenvalue weighted by Gasteiger charge is -2.08. The summed E-state index contributed by atoms with van der Waals surface area (Å²) >= 11 is 1.53. The van der Waals surface area contributed by atoms with E-state index >= 15 is 0 Å². The number of amides is 1. The van der Waals surface area contributed by atoms with Crippen molar-refractivity contribution in [2.75, 3.05) is 5.32 Å². The lowest BCUT2D eigenvalue weighted by molar-refractivity contribution is 0.103. The van der Waals surface area contributed by atoms with Crippen LogP contribution in [0.25, 0.3) is 33.1 Å². The molecule has 0 bridgehead atoms. The number of carbonyl (C=O) groups is 1. The van der Waals surface area contributed by atoms with E-state index < -0.39 is 0 Å². The highest BCUT2D eigenvalue weighted by atomic mass is 32.1. The van der Waals surface area contributed by atoms with Crippen LogP contribution in [0, 0.1) is 6.92 Å². The summed E-state index contributed by atoms with van der Waals surface area (Å²) in [5, 5.41) is 12.7. The van der Waals surface area contributed by atoms with Crippen LogP contribution in [-0.4, -0.2) is 16.1 Å². The summed E-state index contributed by atoms with van der Waals surface area (Å²) in [6, 6.07) is 23.9. The van der Waals surface area contributed by atoms with Crippen molar-refractivity contribution >= 4 is 56.1 Å². The molecule has 5 heteroatoms. The third-order valence-corrected chi connectivity index (χ3v) is 6.45. The second-order valence-corrected chi connectivity index (χ2v) is 8.13. The zero-order chi connectivity index (χ0) is 20.5. The highest BCUT2D eigenvalue weighted by molar-refractivity contribution is 7.21. The van der Waals surface area contributed by atoms with Crippen molar-refractivity contribution in [3.8, 4) is 0 Å². The van der Waals surface area contributed by atoms with Gasteiger partial charge in [-0.2, -0.15) is 5.10 Å². The molecule has 0 unspecified atom stereocenters. The van der Waals surface area contributed by atoms with Crippen molar-refractivity contribution in [3.63, 3.8) is 0 Å². The number of fused-ring (bicyclic) bond motifs is 2. The monoisotopic (exact) mass is 409 g/mol. The molecule has 2 heterocycles. The maximum Gasteiger partial charge on any atom is 0.266 e. The molecule has 5 aromatic rings. The van der Waals surface area contributed by atoms with Gasteiger partial charge in [-0.05, 0) is 47.7 Å². The van der Waals surface area contributed by atoms with Crippen LogP contribution in [0.3, 0.4) is 0 Å². The summed E-state index contributed by atoms with van der Waals surface area (Å²) in [5.41, 5.74) is 4.59. The number of anilines is 1. The average molecular weight is 410 g/mol. The number of aromatic amines is 1. The van der Waals surface area contributed by atoms with Crippen molar-refractivity contribution in [2.24, 2.45) is 0 Å². The molecule has 3 aromatic carbocycles. The highest BCUT2D eigenvalue weighted by Gasteiger charge is 2.16. The highest BCUT2D eigenvalue weighted by Crippen LogP contribution is 2.31. The van der Waals surface area contributed by atoms with Crippen LogP contribution in [0.4, 0.5) is 5.69 Å². The van der Waals surface area contributed by atoms with Crippen LogP contribution >= 0.6 is 11.3 Å². The lowest BCUT2D eigenvalue weighted by Crippen LogP contribution is -2.12. The van der Waals surface area contributed by atoms with Crippen molar-refractivity contribution < 1.29 is 4.79 Å². The lowest BCUT2D eigenvalue weighted by atomic mass is 10.1. The number of nitrogens with zero attached hydrogens (tertiary/aromatic N) is 1. The first kappa shape index (κ1) is 18.3. The quantitative estimate of drug-likeness (QED) is 0.355. The zero-order valence-electron chi connectivity index (χ0n) is 16.3. The summed E-state index contributed by atoms with van der Waals surface area (Å²) in [5.74, 6) is -0.0835. The molecule has 0 aliphatic rings. The average Bonchev–Trinajstić information content (AvgIpc) is 3.34. The molecular weight excluding hydrogens is 390 g/mol. The molecule has 0 radical (unpaired) electrons. The molecule has 0 saturated heterocycles. The van der Waals surface area contributed by atoms with Crippen LogP contribution in [0.2, 0.25) is 0 Å². The van der Waals surface area contributed by atoms with E-state index in [4.69, 9.17) is 0 Å². The third-order valence-electron chi connectivity index (χ3n) is 5.18.